The van der Waals surface area contributed by atoms with Crippen molar-refractivity contribution in [3.63, 3.8) is 0 Å². The highest BCUT2D eigenvalue weighted by atomic mass is 35.5. The highest BCUT2D eigenvalue weighted by Crippen LogP contribution is 2.26. The van der Waals surface area contributed by atoms with Crippen LogP contribution in [0.5, 0.6) is 0 Å². The Balaban J connectivity index is 0.000000160. The van der Waals surface area contributed by atoms with Gasteiger partial charge in [0.1, 0.15) is 0 Å². The van der Waals surface area contributed by atoms with Crippen molar-refractivity contribution >= 4 is 80.4 Å². The van der Waals surface area contributed by atoms with E-state index in [0.717, 1.165) is 61.0 Å². The number of carboxylic acid groups (broad SMARTS) is 1. The lowest BCUT2D eigenvalue weighted by atomic mass is 10.1. The molecule has 8 aromatic heterocycles. The van der Waals surface area contributed by atoms with Gasteiger partial charge in [-0.25, -0.2) is 9.48 Å². The second-order valence-corrected chi connectivity index (χ2v) is 16.8. The Morgan fingerprint density at radius 2 is 1.27 bits per heavy atom. The van der Waals surface area contributed by atoms with Crippen molar-refractivity contribution in [3.05, 3.63) is 168 Å². The fourth-order valence-corrected chi connectivity index (χ4v) is 8.50. The molecule has 0 saturated heterocycles. The Hall–Kier alpha value is -5.16. The molecule has 8 rings (SSSR count). The zero-order valence-electron chi connectivity index (χ0n) is 28.5. The van der Waals surface area contributed by atoms with Crippen molar-refractivity contribution in [1.82, 2.24) is 29.9 Å². The quantitative estimate of drug-likeness (QED) is 0.106. The zero-order valence-corrected chi connectivity index (χ0v) is 33.3. The Morgan fingerprint density at radius 3 is 1.76 bits per heavy atom. The van der Waals surface area contributed by atoms with Gasteiger partial charge < -0.3 is 15.1 Å². The third-order valence-corrected chi connectivity index (χ3v) is 11.8. The van der Waals surface area contributed by atoms with Gasteiger partial charge in [-0.2, -0.15) is 32.9 Å². The molecule has 4 N–H and O–H groups in total. The fraction of sp³-hybridized carbons (Fsp3) is 0.105. The summed E-state index contributed by atoms with van der Waals surface area (Å²) >= 11 is 17.9. The van der Waals surface area contributed by atoms with Gasteiger partial charge in [0.15, 0.2) is 0 Å². The number of aryl methyl sites for hydroxylation is 4. The van der Waals surface area contributed by atoms with Crippen LogP contribution in [0.3, 0.4) is 0 Å². The molecule has 0 aliphatic rings. The summed E-state index contributed by atoms with van der Waals surface area (Å²) in [5.74, 6) is -1.02. The Bertz CT molecular complexity index is 2560. The van der Waals surface area contributed by atoms with E-state index >= 15 is 0 Å². The average Bonchev–Trinajstić information content (AvgIpc) is 4.03. The normalized spacial score (nSPS) is 10.7. The van der Waals surface area contributed by atoms with E-state index in [0.29, 0.717) is 23.2 Å². The SMILES string of the molecule is O=C(O)c1ccsc1.O=C(c1ccsc1)n1nc(-c2ccc(=O)[nH]c2)cc1CCc1ccc(Cl)s1.O=c1ccc(-c2cc(CCc3ccc(Cl)s3)[nH]n2)c[nH]1. The first-order valence-corrected chi connectivity index (χ1v) is 20.7. The van der Waals surface area contributed by atoms with Crippen LogP contribution >= 0.6 is 68.5 Å². The minimum atomic E-state index is -0.855. The number of rotatable bonds is 10. The van der Waals surface area contributed by atoms with Gasteiger partial charge in [-0.15, -0.1) is 22.7 Å². The van der Waals surface area contributed by atoms with Crippen LogP contribution in [0.4, 0.5) is 0 Å². The molecule has 8 aromatic rings. The Labute approximate surface area is 339 Å². The third-order valence-electron chi connectivity index (χ3n) is 7.83. The van der Waals surface area contributed by atoms with Crippen molar-refractivity contribution in [2.24, 2.45) is 0 Å². The molecule has 55 heavy (non-hydrogen) atoms. The summed E-state index contributed by atoms with van der Waals surface area (Å²) in [4.78, 5) is 53.0. The van der Waals surface area contributed by atoms with Gasteiger partial charge >= 0.3 is 5.97 Å². The number of nitrogens with one attached hydrogen (secondary N) is 3. The number of aromatic amines is 3. The smallest absolute Gasteiger partial charge is 0.336 e. The maximum atomic E-state index is 12.9. The van der Waals surface area contributed by atoms with Crippen molar-refractivity contribution in [3.8, 4) is 22.5 Å². The van der Waals surface area contributed by atoms with Crippen LogP contribution < -0.4 is 11.1 Å². The van der Waals surface area contributed by atoms with E-state index in [9.17, 15) is 19.2 Å². The summed E-state index contributed by atoms with van der Waals surface area (Å²) in [5, 5.41) is 27.1. The van der Waals surface area contributed by atoms with Crippen LogP contribution in [-0.4, -0.2) is 46.9 Å². The number of hydrogen-bond donors (Lipinski definition) is 4. The Morgan fingerprint density at radius 1 is 0.691 bits per heavy atom. The summed E-state index contributed by atoms with van der Waals surface area (Å²) in [7, 11) is 0. The number of aromatic nitrogens is 6. The van der Waals surface area contributed by atoms with Crippen molar-refractivity contribution < 1.29 is 14.7 Å². The van der Waals surface area contributed by atoms with E-state index in [1.54, 1.807) is 58.8 Å². The maximum absolute atomic E-state index is 12.9. The van der Waals surface area contributed by atoms with Gasteiger partial charge in [0.2, 0.25) is 11.1 Å². The monoisotopic (exact) mass is 848 g/mol. The largest absolute Gasteiger partial charge is 0.478 e. The highest BCUT2D eigenvalue weighted by molar-refractivity contribution is 7.16. The molecule has 8 heterocycles. The van der Waals surface area contributed by atoms with Crippen LogP contribution in [0, 0.1) is 0 Å². The van der Waals surface area contributed by atoms with E-state index in [1.165, 1.54) is 55.7 Å². The molecule has 0 radical (unpaired) electrons. The predicted molar refractivity (Wildman–Crippen MR) is 222 cm³/mol. The van der Waals surface area contributed by atoms with Crippen LogP contribution in [0.15, 0.2) is 116 Å². The fourth-order valence-electron chi connectivity index (χ4n) is 5.07. The van der Waals surface area contributed by atoms with Crippen molar-refractivity contribution in [2.75, 3.05) is 0 Å². The minimum absolute atomic E-state index is 0.112. The summed E-state index contributed by atoms with van der Waals surface area (Å²) in [5.41, 5.74) is 5.70. The first kappa shape index (κ1) is 39.5. The van der Waals surface area contributed by atoms with E-state index in [-0.39, 0.29) is 17.0 Å². The highest BCUT2D eigenvalue weighted by Gasteiger charge is 2.18. The lowest BCUT2D eigenvalue weighted by Gasteiger charge is -2.04. The van der Waals surface area contributed by atoms with Crippen molar-refractivity contribution in [2.45, 2.75) is 25.7 Å². The van der Waals surface area contributed by atoms with E-state index in [2.05, 4.69) is 25.3 Å². The van der Waals surface area contributed by atoms with E-state index in [1.807, 2.05) is 47.2 Å². The predicted octanol–water partition coefficient (Wildman–Crippen LogP) is 9.20. The topological polar surface area (TPSA) is 167 Å². The lowest BCUT2D eigenvalue weighted by molar-refractivity contribution is 0.0697. The van der Waals surface area contributed by atoms with Crippen LogP contribution in [0.2, 0.25) is 8.67 Å². The van der Waals surface area contributed by atoms with Gasteiger partial charge in [-0.1, -0.05) is 23.2 Å². The number of aromatic carboxylic acids is 1. The summed E-state index contributed by atoms with van der Waals surface area (Å²) in [6.45, 7) is 0. The number of halogens is 2. The minimum Gasteiger partial charge on any atom is -0.478 e. The summed E-state index contributed by atoms with van der Waals surface area (Å²) < 4.78 is 3.03. The molecule has 0 saturated carbocycles. The standard InChI is InChI=1S/C19H14ClN3O2S2.C14H12ClN3OS.C5H4O2S/c20-17-5-4-15(27-17)3-2-14-9-16(12-1-6-18(24)21-10-12)22-23(14)19(25)13-7-8-26-11-13;15-13-5-4-11(20-13)3-2-10-7-12(18-17-10)9-1-6-14(19)16-8-9;6-5(7)4-1-2-8-3-4/h1,4-11H,2-3H2,(H,21,24);1,4-8H,2-3H2,(H,16,19)(H,17,18);1-3H,(H,6,7). The number of carbonyl (C=O) groups excluding carboxylic acids is 1. The van der Waals surface area contributed by atoms with Gasteiger partial charge in [-0.3, -0.25) is 19.5 Å². The average molecular weight is 850 g/mol. The van der Waals surface area contributed by atoms with Crippen LogP contribution in [-0.2, 0) is 25.7 Å². The molecular formula is C38H30Cl2N6O5S4. The summed E-state index contributed by atoms with van der Waals surface area (Å²) in [6.07, 6.45) is 6.51. The van der Waals surface area contributed by atoms with E-state index in [4.69, 9.17) is 28.3 Å². The molecule has 0 fully saturated rings. The maximum Gasteiger partial charge on any atom is 0.336 e. The molecule has 0 aliphatic carbocycles. The molecule has 280 valence electrons. The lowest BCUT2D eigenvalue weighted by Crippen LogP contribution is -2.16. The van der Waals surface area contributed by atoms with Gasteiger partial charge in [0.25, 0.3) is 5.91 Å². The van der Waals surface area contributed by atoms with Gasteiger partial charge in [-0.05, 0) is 97.1 Å². The van der Waals surface area contributed by atoms with Gasteiger partial charge in [0.05, 0.1) is 31.2 Å². The first-order chi connectivity index (χ1) is 26.6. The number of nitrogens with zero attached hydrogens (tertiary/aromatic N) is 3. The first-order valence-electron chi connectivity index (χ1n) is 16.4. The molecule has 0 atom stereocenters. The molecule has 0 amide bonds. The molecule has 0 unspecified atom stereocenters. The summed E-state index contributed by atoms with van der Waals surface area (Å²) in [6, 6.07) is 21.5. The number of pyridine rings is 2. The van der Waals surface area contributed by atoms with E-state index < -0.39 is 5.97 Å². The molecule has 0 aliphatic heterocycles. The van der Waals surface area contributed by atoms with Crippen molar-refractivity contribution in [1.29, 1.82) is 0 Å². The molecular weight excluding hydrogens is 820 g/mol. The zero-order chi connectivity index (χ0) is 38.7. The molecule has 17 heteroatoms. The number of thiophene rings is 4. The number of hydrogen-bond acceptors (Lipinski definition) is 10. The number of H-pyrrole nitrogens is 3. The molecule has 11 nitrogen and oxygen atoms in total. The molecule has 0 bridgehead atoms. The molecule has 0 aromatic carbocycles. The second-order valence-electron chi connectivity index (χ2n) is 11.6. The Kier molecular flexibility index (Phi) is 13.6. The number of carbonyl (C=O) groups is 2. The van der Waals surface area contributed by atoms with Crippen LogP contribution in [0.1, 0.15) is 41.9 Å². The van der Waals surface area contributed by atoms with Crippen LogP contribution in [0.25, 0.3) is 22.5 Å². The number of carboxylic acids is 1. The third kappa shape index (κ3) is 11.2. The molecule has 0 spiro atoms. The van der Waals surface area contributed by atoms with Gasteiger partial charge in [0, 0.05) is 67.6 Å². The second kappa shape index (κ2) is 18.9.